The number of ether oxygens (including phenoxy) is 3. The molecule has 0 saturated heterocycles. The third kappa shape index (κ3) is 3.03. The normalized spacial score (nSPS) is 10.1. The highest BCUT2D eigenvalue weighted by atomic mass is 79.9. The molecule has 0 atom stereocenters. The lowest BCUT2D eigenvalue weighted by atomic mass is 10.0. The van der Waals surface area contributed by atoms with Crippen LogP contribution < -0.4 is 14.2 Å². The molecule has 2 aromatic rings. The first-order valence-corrected chi connectivity index (χ1v) is 7.01. The van der Waals surface area contributed by atoms with Gasteiger partial charge in [-0.25, -0.2) is 0 Å². The predicted octanol–water partition coefficient (Wildman–Crippen LogP) is 3.71. The summed E-state index contributed by atoms with van der Waals surface area (Å²) in [6.45, 7) is 0. The number of benzene rings is 2. The van der Waals surface area contributed by atoms with Gasteiger partial charge >= 0.3 is 0 Å². The van der Waals surface area contributed by atoms with Gasteiger partial charge in [0.1, 0.15) is 22.8 Å². The van der Waals surface area contributed by atoms with E-state index in [1.807, 2.05) is 0 Å². The van der Waals surface area contributed by atoms with Crippen molar-refractivity contribution in [3.05, 3.63) is 52.0 Å². The molecule has 4 nitrogen and oxygen atoms in total. The monoisotopic (exact) mass is 350 g/mol. The number of hydrogen-bond acceptors (Lipinski definition) is 4. The van der Waals surface area contributed by atoms with Crippen LogP contribution in [0.25, 0.3) is 0 Å². The fraction of sp³-hybridized carbons (Fsp3) is 0.188. The summed E-state index contributed by atoms with van der Waals surface area (Å²) in [6, 6.07) is 10.5. The molecule has 21 heavy (non-hydrogen) atoms. The quantitative estimate of drug-likeness (QED) is 0.771. The van der Waals surface area contributed by atoms with Crippen LogP contribution in [0, 0.1) is 0 Å². The molecule has 0 bridgehead atoms. The molecule has 0 saturated carbocycles. The van der Waals surface area contributed by atoms with Crippen molar-refractivity contribution in [2.24, 2.45) is 0 Å². The number of rotatable bonds is 5. The summed E-state index contributed by atoms with van der Waals surface area (Å²) in [5.74, 6) is 1.20. The Morgan fingerprint density at radius 3 is 2.00 bits per heavy atom. The van der Waals surface area contributed by atoms with Crippen LogP contribution in [0.1, 0.15) is 15.9 Å². The number of carbonyl (C=O) groups excluding carboxylic acids is 1. The Morgan fingerprint density at radius 2 is 1.48 bits per heavy atom. The van der Waals surface area contributed by atoms with Crippen molar-refractivity contribution in [1.82, 2.24) is 0 Å². The number of halogens is 1. The topological polar surface area (TPSA) is 44.8 Å². The Balaban J connectivity index is 2.60. The fourth-order valence-electron chi connectivity index (χ4n) is 2.06. The first-order valence-electron chi connectivity index (χ1n) is 6.21. The van der Waals surface area contributed by atoms with E-state index in [2.05, 4.69) is 15.9 Å². The lowest BCUT2D eigenvalue weighted by molar-refractivity contribution is 0.103. The van der Waals surface area contributed by atoms with Crippen LogP contribution >= 0.6 is 15.9 Å². The lowest BCUT2D eigenvalue weighted by Gasteiger charge is -2.14. The second kappa shape index (κ2) is 6.63. The number of ketones is 1. The summed E-state index contributed by atoms with van der Waals surface area (Å²) in [6.07, 6.45) is 0. The summed E-state index contributed by atoms with van der Waals surface area (Å²) in [4.78, 5) is 12.8. The van der Waals surface area contributed by atoms with Crippen molar-refractivity contribution in [1.29, 1.82) is 0 Å². The minimum atomic E-state index is -0.214. The maximum Gasteiger partial charge on any atom is 0.204 e. The SMILES string of the molecule is COc1cc(Br)ccc1C(=O)c1c(OC)cccc1OC. The highest BCUT2D eigenvalue weighted by molar-refractivity contribution is 9.10. The van der Waals surface area contributed by atoms with Crippen molar-refractivity contribution in [2.75, 3.05) is 21.3 Å². The first kappa shape index (κ1) is 15.4. The number of hydrogen-bond donors (Lipinski definition) is 0. The molecule has 0 amide bonds. The molecule has 0 N–H and O–H groups in total. The zero-order chi connectivity index (χ0) is 15.4. The smallest absolute Gasteiger partial charge is 0.204 e. The van der Waals surface area contributed by atoms with Gasteiger partial charge in [-0.15, -0.1) is 0 Å². The van der Waals surface area contributed by atoms with E-state index >= 15 is 0 Å². The molecule has 0 unspecified atom stereocenters. The minimum Gasteiger partial charge on any atom is -0.496 e. The van der Waals surface area contributed by atoms with Gasteiger partial charge in [0.05, 0.1) is 26.9 Å². The van der Waals surface area contributed by atoms with Crippen LogP contribution in [0.4, 0.5) is 0 Å². The highest BCUT2D eigenvalue weighted by Gasteiger charge is 2.22. The number of carbonyl (C=O) groups is 1. The molecule has 0 aliphatic heterocycles. The van der Waals surface area contributed by atoms with Gasteiger partial charge in [0.25, 0.3) is 0 Å². The third-order valence-electron chi connectivity index (χ3n) is 3.06. The van der Waals surface area contributed by atoms with Crippen molar-refractivity contribution >= 4 is 21.7 Å². The molecule has 0 aromatic heterocycles. The van der Waals surface area contributed by atoms with Crippen LogP contribution in [-0.2, 0) is 0 Å². The van der Waals surface area contributed by atoms with E-state index in [1.165, 1.54) is 21.3 Å². The van der Waals surface area contributed by atoms with Crippen LogP contribution in [-0.4, -0.2) is 27.1 Å². The molecule has 110 valence electrons. The second-order valence-corrected chi connectivity index (χ2v) is 5.13. The van der Waals surface area contributed by atoms with E-state index in [9.17, 15) is 4.79 Å². The summed E-state index contributed by atoms with van der Waals surface area (Å²) in [5, 5.41) is 0. The zero-order valence-electron chi connectivity index (χ0n) is 12.0. The molecule has 5 heteroatoms. The van der Waals surface area contributed by atoms with Gasteiger partial charge in [-0.2, -0.15) is 0 Å². The van der Waals surface area contributed by atoms with Gasteiger partial charge in [0.2, 0.25) is 5.78 Å². The van der Waals surface area contributed by atoms with E-state index in [0.717, 1.165) is 4.47 Å². The van der Waals surface area contributed by atoms with E-state index in [4.69, 9.17) is 14.2 Å². The fourth-order valence-corrected chi connectivity index (χ4v) is 2.40. The molecule has 0 fully saturated rings. The molecule has 0 heterocycles. The van der Waals surface area contributed by atoms with E-state index < -0.39 is 0 Å². The summed E-state index contributed by atoms with van der Waals surface area (Å²) < 4.78 is 16.7. The summed E-state index contributed by atoms with van der Waals surface area (Å²) in [7, 11) is 4.56. The van der Waals surface area contributed by atoms with Crippen LogP contribution in [0.15, 0.2) is 40.9 Å². The third-order valence-corrected chi connectivity index (χ3v) is 3.56. The molecule has 0 radical (unpaired) electrons. The Hall–Kier alpha value is -2.01. The Morgan fingerprint density at radius 1 is 0.905 bits per heavy atom. The largest absolute Gasteiger partial charge is 0.496 e. The average Bonchev–Trinajstić information content (AvgIpc) is 2.53. The summed E-state index contributed by atoms with van der Waals surface area (Å²) in [5.41, 5.74) is 0.826. The molecule has 2 rings (SSSR count). The Bertz CT molecular complexity index is 645. The maximum absolute atomic E-state index is 12.8. The lowest BCUT2D eigenvalue weighted by Crippen LogP contribution is -2.08. The predicted molar refractivity (Wildman–Crippen MR) is 83.7 cm³/mol. The first-order chi connectivity index (χ1) is 10.1. The molecule has 0 aliphatic rings. The minimum absolute atomic E-state index is 0.214. The van der Waals surface area contributed by atoms with Crippen LogP contribution in [0.5, 0.6) is 17.2 Å². The highest BCUT2D eigenvalue weighted by Crippen LogP contribution is 2.33. The maximum atomic E-state index is 12.8. The van der Waals surface area contributed by atoms with E-state index in [1.54, 1.807) is 36.4 Å². The standard InChI is InChI=1S/C16H15BrO4/c1-19-12-5-4-6-13(20-2)15(12)16(18)11-8-7-10(17)9-14(11)21-3/h4-9H,1-3H3. The Kier molecular flexibility index (Phi) is 4.85. The second-order valence-electron chi connectivity index (χ2n) is 4.21. The van der Waals surface area contributed by atoms with Gasteiger partial charge in [-0.1, -0.05) is 22.0 Å². The van der Waals surface area contributed by atoms with E-state index in [-0.39, 0.29) is 5.78 Å². The molecular formula is C16H15BrO4. The zero-order valence-corrected chi connectivity index (χ0v) is 13.6. The van der Waals surface area contributed by atoms with Gasteiger partial charge in [0.15, 0.2) is 0 Å². The van der Waals surface area contributed by atoms with Gasteiger partial charge in [-0.3, -0.25) is 4.79 Å². The number of methoxy groups -OCH3 is 3. The molecular weight excluding hydrogens is 336 g/mol. The van der Waals surface area contributed by atoms with Crippen molar-refractivity contribution in [2.45, 2.75) is 0 Å². The Labute approximate surface area is 131 Å². The van der Waals surface area contributed by atoms with Crippen LogP contribution in [0.2, 0.25) is 0 Å². The van der Waals surface area contributed by atoms with Gasteiger partial charge < -0.3 is 14.2 Å². The molecule has 0 aliphatic carbocycles. The van der Waals surface area contributed by atoms with Crippen molar-refractivity contribution in [3.63, 3.8) is 0 Å². The molecule has 0 spiro atoms. The summed E-state index contributed by atoms with van der Waals surface area (Å²) >= 11 is 3.36. The van der Waals surface area contributed by atoms with Gasteiger partial charge in [0, 0.05) is 4.47 Å². The average molecular weight is 351 g/mol. The van der Waals surface area contributed by atoms with Crippen molar-refractivity contribution < 1.29 is 19.0 Å². The molecule has 2 aromatic carbocycles. The van der Waals surface area contributed by atoms with Gasteiger partial charge in [-0.05, 0) is 30.3 Å². The van der Waals surface area contributed by atoms with Crippen LogP contribution in [0.3, 0.4) is 0 Å². The van der Waals surface area contributed by atoms with Crippen molar-refractivity contribution in [3.8, 4) is 17.2 Å². The van der Waals surface area contributed by atoms with E-state index in [0.29, 0.717) is 28.4 Å².